The Hall–Kier alpha value is -3.53. The summed E-state index contributed by atoms with van der Waals surface area (Å²) in [6.07, 6.45) is 1.55. The summed E-state index contributed by atoms with van der Waals surface area (Å²) in [7, 11) is 1.22. The normalized spacial score (nSPS) is 15.1. The van der Waals surface area contributed by atoms with Crippen LogP contribution in [0.25, 0.3) is 6.08 Å². The summed E-state index contributed by atoms with van der Waals surface area (Å²) < 4.78 is 14.9. The van der Waals surface area contributed by atoms with E-state index in [0.717, 1.165) is 16.7 Å². The first-order chi connectivity index (χ1) is 13.9. The van der Waals surface area contributed by atoms with E-state index in [-0.39, 0.29) is 23.0 Å². The van der Waals surface area contributed by atoms with Gasteiger partial charge < -0.3 is 19.0 Å². The number of aliphatic carboxylic acids is 1. The van der Waals surface area contributed by atoms with Crippen molar-refractivity contribution in [2.45, 2.75) is 6.54 Å². The number of rotatable bonds is 7. The van der Waals surface area contributed by atoms with Gasteiger partial charge in [0.15, 0.2) is 6.61 Å². The number of methoxy groups -OCH3 is 1. The number of nitrogens with zero attached hydrogens (tertiary/aromatic N) is 1. The fourth-order valence-corrected chi connectivity index (χ4v) is 3.26. The van der Waals surface area contributed by atoms with E-state index in [0.29, 0.717) is 11.3 Å². The van der Waals surface area contributed by atoms with Gasteiger partial charge in [-0.05, 0) is 47.7 Å². The standard InChI is InChI=1S/C19H15NO8S/c1-26-18(24)14-7-6-13(28-14)9-20-17(23)15(29-19(20)25)8-11-2-4-12(5-3-11)27-10-16(21)22/h2-8H,9-10H2,1H3,(H,21,22)/b15-8+. The third-order valence-electron chi connectivity index (χ3n) is 3.78. The maximum atomic E-state index is 12.6. The lowest BCUT2D eigenvalue weighted by Gasteiger charge is -2.09. The minimum absolute atomic E-state index is 0.0183. The van der Waals surface area contributed by atoms with Crippen LogP contribution in [0.15, 0.2) is 45.7 Å². The van der Waals surface area contributed by atoms with E-state index in [9.17, 15) is 19.2 Å². The maximum absolute atomic E-state index is 12.6. The maximum Gasteiger partial charge on any atom is 0.373 e. The average molecular weight is 417 g/mol. The van der Waals surface area contributed by atoms with Crippen molar-refractivity contribution in [3.05, 3.63) is 58.4 Å². The van der Waals surface area contributed by atoms with Gasteiger partial charge in [0.25, 0.3) is 11.1 Å². The van der Waals surface area contributed by atoms with Gasteiger partial charge >= 0.3 is 11.9 Å². The Balaban J connectivity index is 1.68. The summed E-state index contributed by atoms with van der Waals surface area (Å²) in [6.45, 7) is -0.566. The number of ether oxygens (including phenoxy) is 2. The Labute approximate surface area is 168 Å². The topological polar surface area (TPSA) is 123 Å². The van der Waals surface area contributed by atoms with E-state index in [4.69, 9.17) is 14.3 Å². The number of amides is 2. The second-order valence-corrected chi connectivity index (χ2v) is 6.77. The van der Waals surface area contributed by atoms with Crippen LogP contribution >= 0.6 is 11.8 Å². The summed E-state index contributed by atoms with van der Waals surface area (Å²) in [5, 5.41) is 8.14. The van der Waals surface area contributed by atoms with Crippen molar-refractivity contribution < 1.29 is 38.2 Å². The van der Waals surface area contributed by atoms with Crippen LogP contribution in [-0.2, 0) is 20.9 Å². The molecule has 0 atom stereocenters. The van der Waals surface area contributed by atoms with Gasteiger partial charge in [0.1, 0.15) is 11.5 Å². The highest BCUT2D eigenvalue weighted by Crippen LogP contribution is 2.33. The van der Waals surface area contributed by atoms with E-state index in [1.54, 1.807) is 30.3 Å². The van der Waals surface area contributed by atoms with Gasteiger partial charge in [-0.3, -0.25) is 14.5 Å². The van der Waals surface area contributed by atoms with Crippen LogP contribution in [0.1, 0.15) is 21.9 Å². The average Bonchev–Trinajstić information content (AvgIpc) is 3.27. The quantitative estimate of drug-likeness (QED) is 0.535. The first-order valence-electron chi connectivity index (χ1n) is 8.24. The molecule has 0 unspecified atom stereocenters. The number of carbonyl (C=O) groups excluding carboxylic acids is 3. The molecule has 150 valence electrons. The van der Waals surface area contributed by atoms with Crippen LogP contribution in [0.3, 0.4) is 0 Å². The van der Waals surface area contributed by atoms with Crippen LogP contribution < -0.4 is 4.74 Å². The number of furan rings is 1. The van der Waals surface area contributed by atoms with Gasteiger partial charge in [-0.2, -0.15) is 0 Å². The zero-order valence-corrected chi connectivity index (χ0v) is 15.9. The molecular weight excluding hydrogens is 402 g/mol. The monoisotopic (exact) mass is 417 g/mol. The fraction of sp³-hybridized carbons (Fsp3) is 0.158. The van der Waals surface area contributed by atoms with Gasteiger partial charge in [-0.15, -0.1) is 0 Å². The molecule has 3 rings (SSSR count). The molecule has 1 aromatic heterocycles. The second kappa shape index (κ2) is 8.65. The number of imide groups is 1. The van der Waals surface area contributed by atoms with E-state index in [1.807, 2.05) is 0 Å². The van der Waals surface area contributed by atoms with Gasteiger partial charge in [0, 0.05) is 0 Å². The van der Waals surface area contributed by atoms with Crippen molar-refractivity contribution in [1.82, 2.24) is 4.90 Å². The first-order valence-corrected chi connectivity index (χ1v) is 9.06. The van der Waals surface area contributed by atoms with Crippen LogP contribution in [0.5, 0.6) is 5.75 Å². The number of thioether (sulfide) groups is 1. The number of carbonyl (C=O) groups is 4. The van der Waals surface area contributed by atoms with Gasteiger partial charge in [-0.1, -0.05) is 12.1 Å². The predicted octanol–water partition coefficient (Wildman–Crippen LogP) is 2.77. The molecule has 0 saturated carbocycles. The molecule has 1 fully saturated rings. The van der Waals surface area contributed by atoms with Crippen molar-refractivity contribution in [3.8, 4) is 5.75 Å². The number of hydrogen-bond acceptors (Lipinski definition) is 8. The molecule has 0 spiro atoms. The molecule has 9 nitrogen and oxygen atoms in total. The third-order valence-corrected chi connectivity index (χ3v) is 4.68. The minimum Gasteiger partial charge on any atom is -0.482 e. The molecule has 1 aromatic carbocycles. The lowest BCUT2D eigenvalue weighted by molar-refractivity contribution is -0.139. The minimum atomic E-state index is -1.09. The molecule has 2 heterocycles. The predicted molar refractivity (Wildman–Crippen MR) is 101 cm³/mol. The molecule has 1 aliphatic rings. The summed E-state index contributed by atoms with van der Waals surface area (Å²) in [5.74, 6) is -1.60. The Kier molecular flexibility index (Phi) is 6.03. The lowest BCUT2D eigenvalue weighted by atomic mass is 10.2. The zero-order chi connectivity index (χ0) is 21.0. The van der Waals surface area contributed by atoms with E-state index in [2.05, 4.69) is 4.74 Å². The van der Waals surface area contributed by atoms with Crippen LogP contribution in [0.2, 0.25) is 0 Å². The van der Waals surface area contributed by atoms with Crippen LogP contribution in [0.4, 0.5) is 4.79 Å². The van der Waals surface area contributed by atoms with Crippen molar-refractivity contribution in [2.75, 3.05) is 13.7 Å². The van der Waals surface area contributed by atoms with Crippen LogP contribution in [0, 0.1) is 0 Å². The van der Waals surface area contributed by atoms with Crippen molar-refractivity contribution in [3.63, 3.8) is 0 Å². The molecule has 0 aliphatic carbocycles. The molecule has 1 saturated heterocycles. The second-order valence-electron chi connectivity index (χ2n) is 5.78. The summed E-state index contributed by atoms with van der Waals surface area (Å²) in [6, 6.07) is 9.31. The Morgan fingerprint density at radius 2 is 1.90 bits per heavy atom. The summed E-state index contributed by atoms with van der Waals surface area (Å²) in [4.78, 5) is 48.0. The number of benzene rings is 1. The highest BCUT2D eigenvalue weighted by molar-refractivity contribution is 8.18. The van der Waals surface area contributed by atoms with Crippen molar-refractivity contribution in [2.24, 2.45) is 0 Å². The Morgan fingerprint density at radius 1 is 1.17 bits per heavy atom. The Bertz CT molecular complexity index is 992. The molecule has 10 heteroatoms. The molecule has 2 aromatic rings. The number of hydrogen-bond donors (Lipinski definition) is 1. The molecule has 2 amide bonds. The van der Waals surface area contributed by atoms with Gasteiger partial charge in [-0.25, -0.2) is 9.59 Å². The molecule has 0 radical (unpaired) electrons. The van der Waals surface area contributed by atoms with E-state index in [1.165, 1.54) is 19.2 Å². The molecule has 1 N–H and O–H groups in total. The number of esters is 1. The zero-order valence-electron chi connectivity index (χ0n) is 15.1. The molecule has 0 bridgehead atoms. The SMILES string of the molecule is COC(=O)c1ccc(CN2C(=O)S/C(=C/c3ccc(OCC(=O)O)cc3)C2=O)o1. The largest absolute Gasteiger partial charge is 0.482 e. The smallest absolute Gasteiger partial charge is 0.373 e. The van der Waals surface area contributed by atoms with Crippen molar-refractivity contribution >= 4 is 40.9 Å². The molecular formula is C19H15NO8S. The molecule has 1 aliphatic heterocycles. The number of carboxylic acid groups (broad SMARTS) is 1. The van der Waals surface area contributed by atoms with Gasteiger partial charge in [0.05, 0.1) is 18.6 Å². The summed E-state index contributed by atoms with van der Waals surface area (Å²) in [5.41, 5.74) is 0.643. The number of carboxylic acids is 1. The Morgan fingerprint density at radius 3 is 2.55 bits per heavy atom. The lowest BCUT2D eigenvalue weighted by Crippen LogP contribution is -2.27. The third kappa shape index (κ3) is 4.85. The van der Waals surface area contributed by atoms with E-state index < -0.39 is 29.7 Å². The molecule has 29 heavy (non-hydrogen) atoms. The van der Waals surface area contributed by atoms with Crippen LogP contribution in [-0.4, -0.2) is 46.8 Å². The van der Waals surface area contributed by atoms with Gasteiger partial charge in [0.2, 0.25) is 5.76 Å². The fourth-order valence-electron chi connectivity index (χ4n) is 2.42. The first kappa shape index (κ1) is 20.2. The van der Waals surface area contributed by atoms with Crippen molar-refractivity contribution in [1.29, 1.82) is 0 Å². The highest BCUT2D eigenvalue weighted by Gasteiger charge is 2.35. The van der Waals surface area contributed by atoms with E-state index >= 15 is 0 Å². The summed E-state index contributed by atoms with van der Waals surface area (Å²) >= 11 is 0.788. The highest BCUT2D eigenvalue weighted by atomic mass is 32.2.